The van der Waals surface area contributed by atoms with Crippen LogP contribution in [0.3, 0.4) is 0 Å². The summed E-state index contributed by atoms with van der Waals surface area (Å²) in [6, 6.07) is -0.189. The molecule has 0 radical (unpaired) electrons. The monoisotopic (exact) mass is 191 g/mol. The zero-order chi connectivity index (χ0) is 9.84. The maximum Gasteiger partial charge on any atom is 0.315 e. The van der Waals surface area contributed by atoms with Gasteiger partial charge < -0.3 is 9.73 Å². The molecule has 1 N–H and O–H groups in total. The van der Waals surface area contributed by atoms with Crippen molar-refractivity contribution in [1.29, 1.82) is 0 Å². The molecule has 1 aromatic rings. The Bertz CT molecular complexity index is 264. The molecular weight excluding hydrogens is 180 g/mol. The minimum atomic E-state index is -2.33. The Morgan fingerprint density at radius 3 is 2.62 bits per heavy atom. The molecule has 0 saturated carbocycles. The number of alkyl halides is 2. The minimum Gasteiger partial charge on any atom is -0.408 e. The lowest BCUT2D eigenvalue weighted by Crippen LogP contribution is -2.18. The van der Waals surface area contributed by atoms with Crippen molar-refractivity contribution in [3.8, 4) is 0 Å². The zero-order valence-electron chi connectivity index (χ0n) is 7.42. The third-order valence-electron chi connectivity index (χ3n) is 1.43. The smallest absolute Gasteiger partial charge is 0.315 e. The van der Waals surface area contributed by atoms with Gasteiger partial charge in [0.1, 0.15) is 0 Å². The van der Waals surface area contributed by atoms with Crippen molar-refractivity contribution in [3.63, 3.8) is 0 Å². The Balaban J connectivity index is 2.40. The van der Waals surface area contributed by atoms with Crippen LogP contribution in [-0.4, -0.2) is 22.7 Å². The predicted molar refractivity (Wildman–Crippen MR) is 42.7 cm³/mol. The van der Waals surface area contributed by atoms with E-state index < -0.39 is 6.43 Å². The second-order valence-electron chi connectivity index (χ2n) is 2.80. The first-order valence-electron chi connectivity index (χ1n) is 3.92. The van der Waals surface area contributed by atoms with E-state index in [1.165, 1.54) is 0 Å². The molecule has 6 heteroatoms. The Morgan fingerprint density at radius 2 is 2.15 bits per heavy atom. The van der Waals surface area contributed by atoms with E-state index in [1.54, 1.807) is 13.8 Å². The fourth-order valence-electron chi connectivity index (χ4n) is 0.892. The van der Waals surface area contributed by atoms with Crippen molar-refractivity contribution in [1.82, 2.24) is 10.2 Å². The second kappa shape index (κ2) is 4.15. The summed E-state index contributed by atoms with van der Waals surface area (Å²) >= 11 is 0. The molecule has 0 aromatic carbocycles. The summed E-state index contributed by atoms with van der Waals surface area (Å²) in [7, 11) is 0. The molecule has 0 bridgehead atoms. The molecular formula is C7H11F2N3O. The maximum absolute atomic E-state index is 11.9. The highest BCUT2D eigenvalue weighted by molar-refractivity contribution is 5.18. The summed E-state index contributed by atoms with van der Waals surface area (Å²) in [4.78, 5) is 0. The first-order chi connectivity index (χ1) is 6.08. The first kappa shape index (κ1) is 9.88. The average Bonchev–Trinajstić information content (AvgIpc) is 2.33. The van der Waals surface area contributed by atoms with Gasteiger partial charge in [0.25, 0.3) is 0 Å². The van der Waals surface area contributed by atoms with Gasteiger partial charge in [-0.1, -0.05) is 5.10 Å². The van der Waals surface area contributed by atoms with Crippen molar-refractivity contribution in [2.45, 2.75) is 32.7 Å². The van der Waals surface area contributed by atoms with Gasteiger partial charge in [-0.15, -0.1) is 5.10 Å². The van der Waals surface area contributed by atoms with E-state index in [0.29, 0.717) is 5.89 Å². The number of nitrogens with zero attached hydrogens (tertiary/aromatic N) is 2. The zero-order valence-corrected chi connectivity index (χ0v) is 7.42. The van der Waals surface area contributed by atoms with Gasteiger partial charge >= 0.3 is 6.01 Å². The SMILES string of the molecule is Cc1nnc(NC(C)CC(F)F)o1. The van der Waals surface area contributed by atoms with Gasteiger partial charge in [0.2, 0.25) is 12.3 Å². The quantitative estimate of drug-likeness (QED) is 0.788. The van der Waals surface area contributed by atoms with Crippen LogP contribution in [-0.2, 0) is 0 Å². The highest BCUT2D eigenvalue weighted by atomic mass is 19.3. The molecule has 13 heavy (non-hydrogen) atoms. The van der Waals surface area contributed by atoms with Crippen LogP contribution in [0.4, 0.5) is 14.8 Å². The molecule has 0 spiro atoms. The number of aryl methyl sites for hydroxylation is 1. The Morgan fingerprint density at radius 1 is 1.46 bits per heavy atom. The van der Waals surface area contributed by atoms with Crippen LogP contribution in [0, 0.1) is 6.92 Å². The van der Waals surface area contributed by atoms with Crippen molar-refractivity contribution in [3.05, 3.63) is 5.89 Å². The normalized spacial score (nSPS) is 13.3. The number of rotatable bonds is 4. The number of hydrogen-bond acceptors (Lipinski definition) is 4. The third-order valence-corrected chi connectivity index (χ3v) is 1.43. The molecule has 1 rings (SSSR count). The summed E-state index contributed by atoms with van der Waals surface area (Å²) in [5.41, 5.74) is 0. The summed E-state index contributed by atoms with van der Waals surface area (Å²) in [5.74, 6) is 0.409. The Kier molecular flexibility index (Phi) is 3.16. The van der Waals surface area contributed by atoms with Crippen molar-refractivity contribution >= 4 is 6.01 Å². The van der Waals surface area contributed by atoms with E-state index in [4.69, 9.17) is 4.42 Å². The van der Waals surface area contributed by atoms with Crippen LogP contribution < -0.4 is 5.32 Å². The van der Waals surface area contributed by atoms with Gasteiger partial charge in [0.05, 0.1) is 0 Å². The molecule has 0 fully saturated rings. The van der Waals surface area contributed by atoms with Crippen LogP contribution in [0.5, 0.6) is 0 Å². The Hall–Kier alpha value is -1.20. The lowest BCUT2D eigenvalue weighted by atomic mass is 10.2. The third kappa shape index (κ3) is 3.35. The summed E-state index contributed by atoms with van der Waals surface area (Å²) in [5, 5.41) is 9.85. The van der Waals surface area contributed by atoms with Gasteiger partial charge in [-0.25, -0.2) is 8.78 Å². The summed E-state index contributed by atoms with van der Waals surface area (Å²) in [6.07, 6.45) is -2.56. The number of aromatic nitrogens is 2. The second-order valence-corrected chi connectivity index (χ2v) is 2.80. The average molecular weight is 191 g/mol. The highest BCUT2D eigenvalue weighted by Crippen LogP contribution is 2.10. The number of halogens is 2. The fourth-order valence-corrected chi connectivity index (χ4v) is 0.892. The molecule has 0 amide bonds. The van der Waals surface area contributed by atoms with Crippen LogP contribution >= 0.6 is 0 Å². The van der Waals surface area contributed by atoms with E-state index in [0.717, 1.165) is 0 Å². The number of hydrogen-bond donors (Lipinski definition) is 1. The van der Waals surface area contributed by atoms with E-state index >= 15 is 0 Å². The molecule has 74 valence electrons. The largest absolute Gasteiger partial charge is 0.408 e. The van der Waals surface area contributed by atoms with Crippen LogP contribution in [0.2, 0.25) is 0 Å². The van der Waals surface area contributed by atoms with Gasteiger partial charge in [-0.3, -0.25) is 0 Å². The number of anilines is 1. The van der Waals surface area contributed by atoms with E-state index in [2.05, 4.69) is 15.5 Å². The molecule has 0 aliphatic rings. The first-order valence-corrected chi connectivity index (χ1v) is 3.92. The van der Waals surface area contributed by atoms with Gasteiger partial charge in [0, 0.05) is 19.4 Å². The van der Waals surface area contributed by atoms with Crippen molar-refractivity contribution in [2.24, 2.45) is 0 Å². The summed E-state index contributed by atoms with van der Waals surface area (Å²) in [6.45, 7) is 3.27. The standard InChI is InChI=1S/C7H11F2N3O/c1-4(3-6(8)9)10-7-12-11-5(2)13-7/h4,6H,3H2,1-2H3,(H,10,12). The maximum atomic E-state index is 11.9. The molecule has 1 heterocycles. The fraction of sp³-hybridized carbons (Fsp3) is 0.714. The van der Waals surface area contributed by atoms with Crippen molar-refractivity contribution in [2.75, 3.05) is 5.32 Å². The van der Waals surface area contributed by atoms with Gasteiger partial charge in [-0.05, 0) is 6.92 Å². The molecule has 1 aromatic heterocycles. The highest BCUT2D eigenvalue weighted by Gasteiger charge is 2.12. The summed E-state index contributed by atoms with van der Waals surface area (Å²) < 4.78 is 28.7. The van der Waals surface area contributed by atoms with Gasteiger partial charge in [0.15, 0.2) is 0 Å². The van der Waals surface area contributed by atoms with Crippen LogP contribution in [0.1, 0.15) is 19.2 Å². The van der Waals surface area contributed by atoms with Crippen LogP contribution in [0.15, 0.2) is 4.42 Å². The predicted octanol–water partition coefficient (Wildman–Crippen LogP) is 1.83. The van der Waals surface area contributed by atoms with E-state index in [1.807, 2.05) is 0 Å². The molecule has 4 nitrogen and oxygen atoms in total. The molecule has 1 atom stereocenters. The minimum absolute atomic E-state index is 0.186. The lowest BCUT2D eigenvalue weighted by Gasteiger charge is -2.09. The lowest BCUT2D eigenvalue weighted by molar-refractivity contribution is 0.132. The van der Waals surface area contributed by atoms with Gasteiger partial charge in [-0.2, -0.15) is 0 Å². The molecule has 0 saturated heterocycles. The topological polar surface area (TPSA) is 51.0 Å². The Labute approximate surface area is 74.3 Å². The van der Waals surface area contributed by atoms with Crippen molar-refractivity contribution < 1.29 is 13.2 Å². The number of nitrogens with one attached hydrogen (secondary N) is 1. The van der Waals surface area contributed by atoms with Crippen LogP contribution in [0.25, 0.3) is 0 Å². The van der Waals surface area contributed by atoms with E-state index in [9.17, 15) is 8.78 Å². The van der Waals surface area contributed by atoms with E-state index in [-0.39, 0.29) is 18.5 Å². The molecule has 0 aliphatic heterocycles. The molecule has 0 aliphatic carbocycles. The molecule has 1 unspecified atom stereocenters.